The number of hydrogen-bond donors (Lipinski definition) is 8. The molecule has 0 saturated carbocycles. The van der Waals surface area contributed by atoms with E-state index in [-0.39, 0.29) is 53.4 Å². The molecule has 0 radical (unpaired) electrons. The van der Waals surface area contributed by atoms with Crippen molar-refractivity contribution in [3.05, 3.63) is 182 Å². The van der Waals surface area contributed by atoms with Crippen LogP contribution in [0.15, 0.2) is 84.0 Å². The number of carbonyl (C=O) groups is 9. The maximum absolute atomic E-state index is 11.7. The number of methoxy groups -OCH3 is 3. The summed E-state index contributed by atoms with van der Waals surface area (Å²) in [4.78, 5) is 123. The first kappa shape index (κ1) is 88.5. The first-order chi connectivity index (χ1) is 48.9. The molecule has 1 fully saturated rings. The van der Waals surface area contributed by atoms with Gasteiger partial charge < -0.3 is 73.5 Å². The first-order valence-corrected chi connectivity index (χ1v) is 34.5. The number of rotatable bonds is 12. The minimum Gasteiger partial charge on any atom is -0.508 e. The number of phenolic OH excluding ortho intramolecular Hbond substituents is 1. The number of nitrogens with two attached hydrogens (primary N) is 1. The minimum atomic E-state index is -1.23. The van der Waals surface area contributed by atoms with Crippen molar-refractivity contribution in [2.75, 3.05) is 42.0 Å². The van der Waals surface area contributed by atoms with E-state index in [4.69, 9.17) is 29.1 Å². The number of H-pyrrole nitrogens is 5. The minimum absolute atomic E-state index is 0.0856. The summed E-state index contributed by atoms with van der Waals surface area (Å²) in [5, 5.41) is 12.3. The number of carbonyl (C=O) groups excluding carboxylic acids is 9. The van der Waals surface area contributed by atoms with Crippen molar-refractivity contribution >= 4 is 92.2 Å². The fraction of sp³-hybridized carbons (Fsp3) is 0.410. The first-order valence-electron chi connectivity index (χ1n) is 33.7. The number of cyclic esters (lactones) is 2. The molecule has 0 unspecified atom stereocenters. The van der Waals surface area contributed by atoms with Gasteiger partial charge in [0.1, 0.15) is 34.1 Å². The number of imide groups is 1. The maximum atomic E-state index is 11.7. The Hall–Kier alpha value is -10.7. The number of nitrogens with zero attached hydrogens (tertiary/aromatic N) is 2. The molecule has 0 aliphatic carbocycles. The number of allylic oxidation sites excluding steroid dienone is 1. The Balaban J connectivity index is 0.000000316. The third-order valence-electron chi connectivity index (χ3n) is 17.0. The lowest BCUT2D eigenvalue weighted by molar-refractivity contribution is -0.222. The zero-order valence-electron chi connectivity index (χ0n) is 65.4. The summed E-state index contributed by atoms with van der Waals surface area (Å²) >= 11 is 3.27. The number of aromatic hydroxyl groups is 1. The third kappa shape index (κ3) is 24.7. The van der Waals surface area contributed by atoms with Crippen LogP contribution in [0.25, 0.3) is 17.0 Å². The molecule has 0 spiro atoms. The molecule has 9 N–H and O–H groups in total. The number of aromatic amines is 5. The second-order valence-corrected chi connectivity index (χ2v) is 26.3. The Morgan fingerprint density at radius 2 is 1.16 bits per heavy atom. The van der Waals surface area contributed by atoms with Crippen molar-refractivity contribution in [3.8, 4) is 5.75 Å². The molecular weight excluding hydrogens is 1410 g/mol. The van der Waals surface area contributed by atoms with Crippen molar-refractivity contribution in [2.24, 2.45) is 10.7 Å². The summed E-state index contributed by atoms with van der Waals surface area (Å²) in [5.41, 5.74) is 27.7. The number of esters is 6. The van der Waals surface area contributed by atoms with Gasteiger partial charge in [0.15, 0.2) is 0 Å². The average Bonchev–Trinajstić information content (AvgIpc) is 1.19. The quantitative estimate of drug-likeness (QED) is 0.0185. The maximum Gasteiger partial charge on any atom is 0.355 e. The Morgan fingerprint density at radius 3 is 1.55 bits per heavy atom. The van der Waals surface area contributed by atoms with Crippen LogP contribution in [-0.2, 0) is 74.8 Å². The van der Waals surface area contributed by atoms with Crippen molar-refractivity contribution in [2.45, 2.75) is 177 Å². The summed E-state index contributed by atoms with van der Waals surface area (Å²) in [5.74, 6) is -4.71. The molecule has 3 aliphatic rings. The fourth-order valence-corrected chi connectivity index (χ4v) is 11.2. The van der Waals surface area contributed by atoms with E-state index in [1.54, 1.807) is 32.0 Å². The zero-order valence-corrected chi connectivity index (χ0v) is 67.0. The van der Waals surface area contributed by atoms with Crippen LogP contribution in [-0.4, -0.2) is 142 Å². The molecule has 105 heavy (non-hydrogen) atoms. The molecule has 27 heteroatoms. The Bertz CT molecular complexity index is 4440. The molecule has 1 aromatic carbocycles. The average molecular weight is 1520 g/mol. The van der Waals surface area contributed by atoms with E-state index < -0.39 is 35.4 Å². The van der Waals surface area contributed by atoms with Crippen molar-refractivity contribution < 1.29 is 81.1 Å². The SMILES string of the molecule is CC1=C(C(N)=O)C(=O)NC1=O.CCOC(=O)c1[nH]c(C)c(C)c1C.CCc1c(C)[nH]c(C)c1CC.COC(=O)CC1=C(CC(=O)OC)/C(=C/N(C)C)N=C1C.COC(=O)c1c(C)[nH]c(C)c1C.Cc1[nH]c2ccc(O)cc2c1C.Cc1cc(C)c(C)[nH]1.Cc1oc(C=C2C(=O)OC(C)(C)OC2=O)cc1Br. The van der Waals surface area contributed by atoms with E-state index >= 15 is 0 Å². The van der Waals surface area contributed by atoms with Gasteiger partial charge in [-0.25, -0.2) is 19.2 Å². The van der Waals surface area contributed by atoms with Crippen LogP contribution in [0.4, 0.5) is 0 Å². The van der Waals surface area contributed by atoms with Gasteiger partial charge in [-0.05, 0) is 227 Å². The van der Waals surface area contributed by atoms with Crippen LogP contribution in [0, 0.1) is 96.9 Å². The summed E-state index contributed by atoms with van der Waals surface area (Å²) in [6, 6.07) is 9.18. The molecule has 3 amide bonds. The summed E-state index contributed by atoms with van der Waals surface area (Å²) in [6.45, 7) is 40.8. The van der Waals surface area contributed by atoms with Gasteiger partial charge in [-0.2, -0.15) is 0 Å². The monoisotopic (exact) mass is 1520 g/mol. The number of fused-ring (bicyclic) bond motifs is 1. The number of amides is 3. The van der Waals surface area contributed by atoms with Gasteiger partial charge in [-0.1, -0.05) is 13.8 Å². The number of benzene rings is 1. The Labute approximate surface area is 622 Å². The van der Waals surface area contributed by atoms with Crippen LogP contribution in [0.2, 0.25) is 0 Å². The zero-order chi connectivity index (χ0) is 80.0. The molecule has 3 aliphatic heterocycles. The normalized spacial score (nSPS) is 13.5. The summed E-state index contributed by atoms with van der Waals surface area (Å²) in [7, 11) is 7.79. The van der Waals surface area contributed by atoms with Crippen molar-refractivity contribution in [1.82, 2.24) is 35.1 Å². The van der Waals surface area contributed by atoms with E-state index in [0.29, 0.717) is 46.4 Å². The Kier molecular flexibility index (Phi) is 33.6. The predicted octanol–water partition coefficient (Wildman–Crippen LogP) is 13.3. The number of nitrogens with one attached hydrogen (secondary N) is 6. The van der Waals surface area contributed by atoms with Crippen molar-refractivity contribution in [1.29, 1.82) is 0 Å². The molecular formula is C78H104BrN9O17. The smallest absolute Gasteiger partial charge is 0.355 e. The van der Waals surface area contributed by atoms with Crippen molar-refractivity contribution in [3.63, 3.8) is 0 Å². The Morgan fingerprint density at radius 1 is 0.629 bits per heavy atom. The molecule has 9 heterocycles. The summed E-state index contributed by atoms with van der Waals surface area (Å²) in [6.07, 6.45) is 5.61. The molecule has 0 bridgehead atoms. The molecule has 6 aromatic heterocycles. The van der Waals surface area contributed by atoms with Gasteiger partial charge in [-0.3, -0.25) is 34.3 Å². The number of hydrogen-bond acceptors (Lipinski definition) is 19. The second kappa shape index (κ2) is 39.8. The van der Waals surface area contributed by atoms with Crippen LogP contribution in [0.5, 0.6) is 5.75 Å². The molecule has 570 valence electrons. The number of primary amides is 1. The topological polar surface area (TPSA) is 375 Å². The fourth-order valence-electron chi connectivity index (χ4n) is 10.9. The number of halogens is 1. The van der Waals surface area contributed by atoms with Gasteiger partial charge in [0.25, 0.3) is 23.5 Å². The number of aliphatic imine (C=N–C) groups is 1. The number of ether oxygens (including phenoxy) is 6. The van der Waals surface area contributed by atoms with E-state index in [2.05, 4.69) is 110 Å². The molecule has 7 aromatic rings. The highest BCUT2D eigenvalue weighted by Crippen LogP contribution is 2.32. The highest BCUT2D eigenvalue weighted by atomic mass is 79.9. The van der Waals surface area contributed by atoms with Crippen LogP contribution in [0.1, 0.15) is 178 Å². The van der Waals surface area contributed by atoms with Gasteiger partial charge in [0.2, 0.25) is 0 Å². The third-order valence-corrected chi connectivity index (χ3v) is 17.8. The van der Waals surface area contributed by atoms with E-state index in [1.165, 1.54) is 93.2 Å². The number of furan rings is 1. The lowest BCUT2D eigenvalue weighted by Crippen LogP contribution is -2.41. The van der Waals surface area contributed by atoms with Crippen LogP contribution < -0.4 is 11.1 Å². The number of phenols is 1. The molecule has 1 saturated heterocycles. The standard InChI is InChI=1S/C14H20N2O4.C12H11BrO5.C10H15NO2.C10H11NO.C10H17N.C9H13NO2.C7H11N.C6H6N2O3/c1-9-10(6-13(17)19-4)11(7-14(18)20-5)12(15-9)8-16(2)3;1-6-9(13)5-7(16-6)4-8-10(14)17-12(2,3)18-11(8)15;1-5-13-10(12)9-7(3)6(2)8(4)11-9;1-6-7(2)11-10-4-3-8(12)5-9(6)10;1-5-9-7(3)11-8(4)10(9)6-2;1-5-6(2)10-7(3)8(5)9(11)12-4;1-5-4-6(2)8-7(5)3;1-2-3(4(7)9)6(11)8-5(2)10/h8H,6-7H2,1-5H3;4-5H,1-3H3;11H,5H2,1-4H3;3-5,11-12H,1-2H3;11H,5-6H2,1-4H3;10H,1-4H3;4,8H,1-3H3;1H3,(H2,7,9)(H,8,10,11)/b12-8-;;;;;;;. The highest BCUT2D eigenvalue weighted by Gasteiger charge is 2.39. The van der Waals surface area contributed by atoms with Crippen LogP contribution in [0.3, 0.4) is 0 Å². The van der Waals surface area contributed by atoms with Gasteiger partial charge in [0.05, 0.1) is 56.5 Å². The number of aromatic nitrogens is 5. The van der Waals surface area contributed by atoms with E-state index in [9.17, 15) is 48.3 Å². The number of aryl methyl sites for hydroxylation is 11. The second-order valence-electron chi connectivity index (χ2n) is 25.4. The van der Waals surface area contributed by atoms with Crippen LogP contribution >= 0.6 is 15.9 Å². The molecule has 10 rings (SSSR count). The largest absolute Gasteiger partial charge is 0.508 e. The lowest BCUT2D eigenvalue weighted by atomic mass is 9.99. The van der Waals surface area contributed by atoms with E-state index in [1.807, 2.05) is 98.9 Å². The predicted molar refractivity (Wildman–Crippen MR) is 406 cm³/mol. The highest BCUT2D eigenvalue weighted by molar-refractivity contribution is 9.10. The van der Waals surface area contributed by atoms with Gasteiger partial charge in [-0.15, -0.1) is 0 Å². The summed E-state index contributed by atoms with van der Waals surface area (Å²) < 4.78 is 34.9. The molecule has 26 nitrogen and oxygen atoms in total. The molecule has 0 atom stereocenters. The van der Waals surface area contributed by atoms with E-state index in [0.717, 1.165) is 79.0 Å². The van der Waals surface area contributed by atoms with Gasteiger partial charge >= 0.3 is 35.8 Å². The lowest BCUT2D eigenvalue weighted by Gasteiger charge is -2.29. The van der Waals surface area contributed by atoms with Gasteiger partial charge in [0, 0.05) is 108 Å².